The first-order valence-electron chi connectivity index (χ1n) is 6.53. The Morgan fingerprint density at radius 1 is 1.37 bits per heavy atom. The zero-order chi connectivity index (χ0) is 14.1. The molecular formula is C13H25NO4Si. The molecule has 6 heteroatoms. The lowest BCUT2D eigenvalue weighted by atomic mass is 10.3. The van der Waals surface area contributed by atoms with Crippen LogP contribution in [0.2, 0.25) is 6.04 Å². The molecule has 110 valence electrons. The molecule has 0 N–H and O–H groups in total. The molecule has 1 aliphatic rings. The van der Waals surface area contributed by atoms with Gasteiger partial charge in [-0.1, -0.05) is 12.7 Å². The monoisotopic (exact) mass is 287 g/mol. The number of rotatable bonds is 7. The maximum Gasteiger partial charge on any atom is 0.500 e. The van der Waals surface area contributed by atoms with Crippen LogP contribution in [-0.2, 0) is 18.0 Å². The highest BCUT2D eigenvalue weighted by molar-refractivity contribution is 6.60. The van der Waals surface area contributed by atoms with Crippen LogP contribution in [-0.4, -0.2) is 60.3 Å². The quantitative estimate of drug-likeness (QED) is 0.526. The van der Waals surface area contributed by atoms with Crippen molar-refractivity contribution in [3.63, 3.8) is 0 Å². The van der Waals surface area contributed by atoms with Gasteiger partial charge in [0.25, 0.3) is 0 Å². The van der Waals surface area contributed by atoms with Crippen molar-refractivity contribution in [2.75, 3.05) is 40.5 Å². The third kappa shape index (κ3) is 5.08. The van der Waals surface area contributed by atoms with Crippen LogP contribution in [0.5, 0.6) is 0 Å². The average molecular weight is 287 g/mol. The van der Waals surface area contributed by atoms with Gasteiger partial charge in [-0.05, 0) is 12.6 Å². The van der Waals surface area contributed by atoms with E-state index in [4.69, 9.17) is 18.0 Å². The Hall–Kier alpha value is -0.663. The van der Waals surface area contributed by atoms with E-state index in [2.05, 4.69) is 13.2 Å². The second-order valence-electron chi connectivity index (χ2n) is 4.43. The lowest BCUT2D eigenvalue weighted by molar-refractivity contribution is -0.0222. The Labute approximate surface area is 117 Å². The van der Waals surface area contributed by atoms with Crippen LogP contribution in [0.25, 0.3) is 0 Å². The smallest absolute Gasteiger partial charge is 0.379 e. The molecule has 1 atom stereocenters. The van der Waals surface area contributed by atoms with E-state index in [1.54, 1.807) is 20.4 Å². The van der Waals surface area contributed by atoms with Crippen LogP contribution in [0, 0.1) is 0 Å². The molecule has 0 bridgehead atoms. The van der Waals surface area contributed by atoms with E-state index in [1.165, 1.54) is 0 Å². The molecular weight excluding hydrogens is 262 g/mol. The molecule has 1 saturated heterocycles. The fraction of sp³-hybridized carbons (Fsp3) is 0.692. The second kappa shape index (κ2) is 8.50. The normalized spacial score (nSPS) is 23.2. The summed E-state index contributed by atoms with van der Waals surface area (Å²) in [6.07, 6.45) is 4.44. The molecule has 1 unspecified atom stereocenters. The summed E-state index contributed by atoms with van der Waals surface area (Å²) in [5, 5.41) is 0. The molecule has 1 rings (SSSR count). The lowest BCUT2D eigenvalue weighted by Gasteiger charge is -2.35. The summed E-state index contributed by atoms with van der Waals surface area (Å²) in [6.45, 7) is 10.2. The Kier molecular flexibility index (Phi) is 7.33. The Balaban J connectivity index is 2.67. The fourth-order valence-electron chi connectivity index (χ4n) is 2.08. The second-order valence-corrected chi connectivity index (χ2v) is 7.35. The molecule has 0 aromatic carbocycles. The van der Waals surface area contributed by atoms with Crippen molar-refractivity contribution >= 4 is 8.80 Å². The third-order valence-corrected chi connectivity index (χ3v) is 6.01. The highest BCUT2D eigenvalue weighted by Gasteiger charge is 2.42. The summed E-state index contributed by atoms with van der Waals surface area (Å²) >= 11 is 0. The van der Waals surface area contributed by atoms with E-state index in [9.17, 15) is 0 Å². The molecule has 19 heavy (non-hydrogen) atoms. The molecule has 0 radical (unpaired) electrons. The topological polar surface area (TPSA) is 40.2 Å². The van der Waals surface area contributed by atoms with Gasteiger partial charge in [0, 0.05) is 40.0 Å². The van der Waals surface area contributed by atoms with E-state index in [0.717, 1.165) is 25.6 Å². The highest BCUT2D eigenvalue weighted by atomic mass is 28.4. The van der Waals surface area contributed by atoms with Crippen LogP contribution in [0.3, 0.4) is 0 Å². The van der Waals surface area contributed by atoms with Gasteiger partial charge in [0.15, 0.2) is 0 Å². The minimum absolute atomic E-state index is 0.0789. The maximum absolute atomic E-state index is 6.10. The predicted octanol–water partition coefficient (Wildman–Crippen LogP) is 1.66. The average Bonchev–Trinajstić information content (AvgIpc) is 2.41. The van der Waals surface area contributed by atoms with Crippen molar-refractivity contribution in [3.05, 3.63) is 25.4 Å². The maximum atomic E-state index is 6.10. The summed E-state index contributed by atoms with van der Waals surface area (Å²) in [5.74, 6) is 0. The summed E-state index contributed by atoms with van der Waals surface area (Å²) in [4.78, 5) is 2.03. The number of nitrogens with zero attached hydrogens (tertiary/aromatic N) is 1. The molecule has 0 amide bonds. The Morgan fingerprint density at radius 3 is 2.68 bits per heavy atom. The summed E-state index contributed by atoms with van der Waals surface area (Å²) < 4.78 is 22.8. The van der Waals surface area contributed by atoms with E-state index in [-0.39, 0.29) is 6.10 Å². The molecule has 1 fully saturated rings. The van der Waals surface area contributed by atoms with Crippen molar-refractivity contribution in [1.29, 1.82) is 0 Å². The molecule has 0 aromatic rings. The van der Waals surface area contributed by atoms with Gasteiger partial charge in [-0.25, -0.2) is 0 Å². The van der Waals surface area contributed by atoms with Crippen LogP contribution < -0.4 is 0 Å². The van der Waals surface area contributed by atoms with E-state index in [1.807, 2.05) is 11.0 Å². The predicted molar refractivity (Wildman–Crippen MR) is 76.9 cm³/mol. The van der Waals surface area contributed by atoms with Gasteiger partial charge < -0.3 is 22.9 Å². The first-order valence-corrected chi connectivity index (χ1v) is 8.46. The SMILES string of the molecule is C=CCN(C=C)CC1COCCC[Si](OC)(OC)O1. The van der Waals surface area contributed by atoms with Gasteiger partial charge >= 0.3 is 8.80 Å². The van der Waals surface area contributed by atoms with Gasteiger partial charge in [0.2, 0.25) is 0 Å². The zero-order valence-electron chi connectivity index (χ0n) is 12.0. The van der Waals surface area contributed by atoms with E-state index >= 15 is 0 Å². The van der Waals surface area contributed by atoms with Crippen molar-refractivity contribution in [2.45, 2.75) is 18.6 Å². The fourth-order valence-corrected chi connectivity index (χ4v) is 4.19. The van der Waals surface area contributed by atoms with Crippen LogP contribution >= 0.6 is 0 Å². The van der Waals surface area contributed by atoms with Gasteiger partial charge in [-0.15, -0.1) is 6.58 Å². The number of hydrogen-bond donors (Lipinski definition) is 0. The van der Waals surface area contributed by atoms with Gasteiger partial charge in [0.05, 0.1) is 12.7 Å². The molecule has 0 aliphatic carbocycles. The molecule has 0 aromatic heterocycles. The first-order chi connectivity index (χ1) is 9.19. The molecule has 1 aliphatic heterocycles. The Bertz CT molecular complexity index is 284. The number of ether oxygens (including phenoxy) is 1. The summed E-state index contributed by atoms with van der Waals surface area (Å²) in [6, 6.07) is 0.784. The van der Waals surface area contributed by atoms with E-state index < -0.39 is 8.80 Å². The van der Waals surface area contributed by atoms with Crippen molar-refractivity contribution < 1.29 is 18.0 Å². The summed E-state index contributed by atoms with van der Waals surface area (Å²) in [5.41, 5.74) is 0. The van der Waals surface area contributed by atoms with Crippen LogP contribution in [0.4, 0.5) is 0 Å². The first kappa shape index (κ1) is 16.4. The van der Waals surface area contributed by atoms with Gasteiger partial charge in [0.1, 0.15) is 0 Å². The lowest BCUT2D eigenvalue weighted by Crippen LogP contribution is -2.51. The van der Waals surface area contributed by atoms with E-state index in [0.29, 0.717) is 13.2 Å². The minimum atomic E-state index is -2.55. The van der Waals surface area contributed by atoms with Gasteiger partial charge in [-0.3, -0.25) is 0 Å². The van der Waals surface area contributed by atoms with Crippen molar-refractivity contribution in [2.24, 2.45) is 0 Å². The minimum Gasteiger partial charge on any atom is -0.379 e. The molecule has 0 saturated carbocycles. The van der Waals surface area contributed by atoms with Crippen molar-refractivity contribution in [3.8, 4) is 0 Å². The molecule has 0 spiro atoms. The standard InChI is InChI=1S/C13H25NO4Si/c1-5-8-14(6-2)11-13-12-17-9-7-10-19(15-3,16-4)18-13/h5-6,13H,1-2,7-12H2,3-4H3. The van der Waals surface area contributed by atoms with Crippen LogP contribution in [0.15, 0.2) is 25.4 Å². The largest absolute Gasteiger partial charge is 0.500 e. The highest BCUT2D eigenvalue weighted by Crippen LogP contribution is 2.21. The van der Waals surface area contributed by atoms with Crippen molar-refractivity contribution in [1.82, 2.24) is 4.90 Å². The molecule has 1 heterocycles. The third-order valence-electron chi connectivity index (χ3n) is 3.10. The zero-order valence-corrected chi connectivity index (χ0v) is 13.0. The van der Waals surface area contributed by atoms with Crippen LogP contribution in [0.1, 0.15) is 6.42 Å². The number of hydrogen-bond acceptors (Lipinski definition) is 5. The summed E-state index contributed by atoms with van der Waals surface area (Å²) in [7, 11) is 0.768. The molecule has 5 nitrogen and oxygen atoms in total. The van der Waals surface area contributed by atoms with Gasteiger partial charge in [-0.2, -0.15) is 0 Å². The Morgan fingerprint density at radius 2 is 2.11 bits per heavy atom.